The number of carbonyl (C=O) groups is 1. The second-order valence-corrected chi connectivity index (χ2v) is 6.67. The zero-order valence-electron chi connectivity index (χ0n) is 14.8. The molecular formula is C20H24ClN3O2. The van der Waals surface area contributed by atoms with Gasteiger partial charge in [-0.05, 0) is 61.2 Å². The molecule has 2 heterocycles. The average Bonchev–Trinajstić information content (AvgIpc) is 3.11. The summed E-state index contributed by atoms with van der Waals surface area (Å²) in [6, 6.07) is 13.9. The molecule has 0 bridgehead atoms. The van der Waals surface area contributed by atoms with E-state index in [-0.39, 0.29) is 18.4 Å². The largest absolute Gasteiger partial charge is 0.497 e. The van der Waals surface area contributed by atoms with Gasteiger partial charge in [-0.2, -0.15) is 0 Å². The predicted octanol–water partition coefficient (Wildman–Crippen LogP) is 4.45. The van der Waals surface area contributed by atoms with Crippen LogP contribution in [0.15, 0.2) is 42.5 Å². The number of benzene rings is 2. The summed E-state index contributed by atoms with van der Waals surface area (Å²) in [4.78, 5) is 14.9. The fraction of sp³-hybridized carbons (Fsp3) is 0.350. The summed E-state index contributed by atoms with van der Waals surface area (Å²) in [6.45, 7) is 2.35. The molecule has 1 saturated heterocycles. The first-order valence-electron chi connectivity index (χ1n) is 8.82. The van der Waals surface area contributed by atoms with E-state index >= 15 is 0 Å². The van der Waals surface area contributed by atoms with E-state index in [2.05, 4.69) is 27.7 Å². The first-order valence-corrected chi connectivity index (χ1v) is 8.82. The molecule has 4 rings (SSSR count). The van der Waals surface area contributed by atoms with Crippen molar-refractivity contribution in [1.29, 1.82) is 0 Å². The van der Waals surface area contributed by atoms with Gasteiger partial charge in [0.25, 0.3) is 0 Å². The lowest BCUT2D eigenvalue weighted by atomic mass is 9.92. The Balaban J connectivity index is 0.00000196. The molecule has 0 spiro atoms. The van der Waals surface area contributed by atoms with Crippen LogP contribution in [0, 0.1) is 0 Å². The number of carbonyl (C=O) groups excluding carboxylic acids is 1. The van der Waals surface area contributed by atoms with E-state index in [9.17, 15) is 4.79 Å². The Hall–Kier alpha value is -2.24. The molecule has 2 aromatic rings. The van der Waals surface area contributed by atoms with Gasteiger partial charge in [-0.1, -0.05) is 12.1 Å². The zero-order valence-corrected chi connectivity index (χ0v) is 15.6. The monoisotopic (exact) mass is 373 g/mol. The third kappa shape index (κ3) is 3.79. The normalized spacial score (nSPS) is 18.3. The number of hydrogen-bond acceptors (Lipinski definition) is 3. The second kappa shape index (κ2) is 7.98. The molecule has 2 aromatic carbocycles. The van der Waals surface area contributed by atoms with Crippen LogP contribution in [-0.4, -0.2) is 31.1 Å². The maximum atomic E-state index is 12.3. The number of rotatable bonds is 3. The van der Waals surface area contributed by atoms with Crippen molar-refractivity contribution < 1.29 is 9.53 Å². The lowest BCUT2D eigenvalue weighted by Crippen LogP contribution is -2.31. The molecule has 0 aliphatic carbocycles. The predicted molar refractivity (Wildman–Crippen MR) is 107 cm³/mol. The highest BCUT2D eigenvalue weighted by atomic mass is 35.5. The number of amides is 2. The smallest absolute Gasteiger partial charge is 0.323 e. The van der Waals surface area contributed by atoms with Crippen LogP contribution >= 0.6 is 12.4 Å². The summed E-state index contributed by atoms with van der Waals surface area (Å²) >= 11 is 0. The molecule has 0 aromatic heterocycles. The number of hydrogen-bond donors (Lipinski definition) is 2. The van der Waals surface area contributed by atoms with Crippen molar-refractivity contribution in [2.45, 2.75) is 25.3 Å². The second-order valence-electron chi connectivity index (χ2n) is 6.67. The van der Waals surface area contributed by atoms with Crippen molar-refractivity contribution in [3.05, 3.63) is 53.6 Å². The molecule has 2 aliphatic rings. The third-order valence-corrected chi connectivity index (χ3v) is 5.12. The molecule has 6 heteroatoms. The average molecular weight is 374 g/mol. The SMILES string of the molecule is COc1cccc(NC(=O)Nc2ccc3c(c2)C2CCCN2CC3)c1.Cl. The highest BCUT2D eigenvalue weighted by Gasteiger charge is 2.31. The van der Waals surface area contributed by atoms with Crippen LogP contribution < -0.4 is 15.4 Å². The summed E-state index contributed by atoms with van der Waals surface area (Å²) in [6.07, 6.45) is 3.58. The molecule has 2 amide bonds. The Morgan fingerprint density at radius 2 is 1.92 bits per heavy atom. The van der Waals surface area contributed by atoms with Gasteiger partial charge in [0.05, 0.1) is 7.11 Å². The van der Waals surface area contributed by atoms with E-state index in [1.807, 2.05) is 24.3 Å². The Bertz CT molecular complexity index is 796. The molecule has 2 aliphatic heterocycles. The number of urea groups is 1. The summed E-state index contributed by atoms with van der Waals surface area (Å²) in [7, 11) is 1.61. The van der Waals surface area contributed by atoms with Crippen molar-refractivity contribution in [3.63, 3.8) is 0 Å². The van der Waals surface area contributed by atoms with E-state index in [1.54, 1.807) is 13.2 Å². The van der Waals surface area contributed by atoms with E-state index in [0.717, 1.165) is 18.7 Å². The molecule has 138 valence electrons. The van der Waals surface area contributed by atoms with Gasteiger partial charge in [0.2, 0.25) is 0 Å². The number of nitrogens with one attached hydrogen (secondary N) is 2. The van der Waals surface area contributed by atoms with Crippen molar-refractivity contribution in [1.82, 2.24) is 4.90 Å². The summed E-state index contributed by atoms with van der Waals surface area (Å²) in [5, 5.41) is 5.80. The Labute approximate surface area is 160 Å². The summed E-state index contributed by atoms with van der Waals surface area (Å²) < 4.78 is 5.18. The lowest BCUT2D eigenvalue weighted by molar-refractivity contribution is 0.244. The van der Waals surface area contributed by atoms with Crippen LogP contribution in [-0.2, 0) is 6.42 Å². The van der Waals surface area contributed by atoms with Crippen LogP contribution in [0.4, 0.5) is 16.2 Å². The Morgan fingerprint density at radius 1 is 1.12 bits per heavy atom. The molecule has 1 fully saturated rings. The quantitative estimate of drug-likeness (QED) is 0.835. The van der Waals surface area contributed by atoms with Gasteiger partial charge in [-0.15, -0.1) is 12.4 Å². The van der Waals surface area contributed by atoms with Crippen molar-refractivity contribution >= 4 is 29.8 Å². The van der Waals surface area contributed by atoms with Crippen molar-refractivity contribution in [2.24, 2.45) is 0 Å². The Kier molecular flexibility index (Phi) is 5.69. The molecule has 1 atom stereocenters. The number of fused-ring (bicyclic) bond motifs is 3. The van der Waals surface area contributed by atoms with Crippen LogP contribution in [0.3, 0.4) is 0 Å². The number of nitrogens with zero attached hydrogens (tertiary/aromatic N) is 1. The zero-order chi connectivity index (χ0) is 17.2. The van der Waals surface area contributed by atoms with Crippen LogP contribution in [0.25, 0.3) is 0 Å². The highest BCUT2D eigenvalue weighted by Crippen LogP contribution is 2.38. The molecule has 2 N–H and O–H groups in total. The van der Waals surface area contributed by atoms with E-state index in [4.69, 9.17) is 4.74 Å². The number of methoxy groups -OCH3 is 1. The summed E-state index contributed by atoms with van der Waals surface area (Å²) in [5.41, 5.74) is 4.34. The van der Waals surface area contributed by atoms with Gasteiger partial charge in [0.15, 0.2) is 0 Å². The minimum absolute atomic E-state index is 0. The Morgan fingerprint density at radius 3 is 2.73 bits per heavy atom. The molecule has 0 saturated carbocycles. The maximum absolute atomic E-state index is 12.3. The molecule has 0 radical (unpaired) electrons. The first kappa shape index (κ1) is 18.5. The van der Waals surface area contributed by atoms with Crippen molar-refractivity contribution in [2.75, 3.05) is 30.8 Å². The fourth-order valence-corrected chi connectivity index (χ4v) is 3.91. The lowest BCUT2D eigenvalue weighted by Gasteiger charge is -2.32. The third-order valence-electron chi connectivity index (χ3n) is 5.12. The fourth-order valence-electron chi connectivity index (χ4n) is 3.91. The number of ether oxygens (including phenoxy) is 1. The highest BCUT2D eigenvalue weighted by molar-refractivity contribution is 5.99. The molecule has 1 unspecified atom stereocenters. The van der Waals surface area contributed by atoms with Crippen LogP contribution in [0.5, 0.6) is 5.75 Å². The molecular weight excluding hydrogens is 350 g/mol. The van der Waals surface area contributed by atoms with Gasteiger partial charge in [0.1, 0.15) is 5.75 Å². The summed E-state index contributed by atoms with van der Waals surface area (Å²) in [5.74, 6) is 0.716. The maximum Gasteiger partial charge on any atom is 0.323 e. The minimum atomic E-state index is -0.243. The van der Waals surface area contributed by atoms with Gasteiger partial charge >= 0.3 is 6.03 Å². The standard InChI is InChI=1S/C20H23N3O2.ClH/c1-25-17-5-2-4-15(12-17)21-20(24)22-16-8-7-14-9-11-23-10-3-6-19(23)18(14)13-16;/h2,4-5,7-8,12-13,19H,3,6,9-11H2,1H3,(H2,21,22,24);1H. The number of halogens is 1. The van der Waals surface area contributed by atoms with Gasteiger partial charge in [-0.3, -0.25) is 4.90 Å². The molecule has 26 heavy (non-hydrogen) atoms. The van der Waals surface area contributed by atoms with E-state index in [1.165, 1.54) is 30.5 Å². The van der Waals surface area contributed by atoms with Gasteiger partial charge in [-0.25, -0.2) is 4.79 Å². The van der Waals surface area contributed by atoms with Crippen LogP contribution in [0.2, 0.25) is 0 Å². The van der Waals surface area contributed by atoms with Crippen LogP contribution in [0.1, 0.15) is 30.0 Å². The van der Waals surface area contributed by atoms with Gasteiger partial charge in [0, 0.05) is 30.0 Å². The van der Waals surface area contributed by atoms with Gasteiger partial charge < -0.3 is 15.4 Å². The van der Waals surface area contributed by atoms with E-state index in [0.29, 0.717) is 17.5 Å². The topological polar surface area (TPSA) is 53.6 Å². The van der Waals surface area contributed by atoms with Crippen molar-refractivity contribution in [3.8, 4) is 5.75 Å². The first-order chi connectivity index (χ1) is 12.2. The minimum Gasteiger partial charge on any atom is -0.497 e. The molecule has 5 nitrogen and oxygen atoms in total. The number of anilines is 2. The van der Waals surface area contributed by atoms with E-state index < -0.39 is 0 Å².